The number of benzene rings is 1. The van der Waals surface area contributed by atoms with Gasteiger partial charge in [0, 0.05) is 36.8 Å². The van der Waals surface area contributed by atoms with Gasteiger partial charge in [0.05, 0.1) is 11.0 Å². The lowest BCUT2D eigenvalue weighted by Crippen LogP contribution is -2.37. The summed E-state index contributed by atoms with van der Waals surface area (Å²) >= 11 is 0. The van der Waals surface area contributed by atoms with Gasteiger partial charge in [-0.25, -0.2) is 4.79 Å². The fourth-order valence-corrected chi connectivity index (χ4v) is 2.99. The van der Waals surface area contributed by atoms with Crippen molar-refractivity contribution in [3.05, 3.63) is 33.9 Å². The number of hydrogen-bond acceptors (Lipinski definition) is 4. The number of nitro benzene ring substituents is 1. The number of hydrogen-bond donors (Lipinski definition) is 2. The van der Waals surface area contributed by atoms with Crippen LogP contribution in [0, 0.1) is 16.0 Å². The number of urea groups is 1. The van der Waals surface area contributed by atoms with Crippen LogP contribution in [0.3, 0.4) is 0 Å². The molecule has 2 atom stereocenters. The molecule has 0 spiro atoms. The van der Waals surface area contributed by atoms with Crippen molar-refractivity contribution in [3.8, 4) is 0 Å². The highest BCUT2D eigenvalue weighted by molar-refractivity contribution is 5.89. The van der Waals surface area contributed by atoms with Gasteiger partial charge >= 0.3 is 6.03 Å². The van der Waals surface area contributed by atoms with Gasteiger partial charge in [-0.15, -0.1) is 0 Å². The average Bonchev–Trinajstić information content (AvgIpc) is 2.92. The lowest BCUT2D eigenvalue weighted by molar-refractivity contribution is -0.385. The topological polar surface area (TPSA) is 95.7 Å². The molecule has 7 heteroatoms. The normalized spacial score (nSPS) is 20.3. The summed E-state index contributed by atoms with van der Waals surface area (Å²) in [5, 5.41) is 23.6. The standard InChI is InChI=1S/C16H23N3O4/c1-3-11-7-8-13(9-14(11)19(22)23)17-16(21)18(2)10-12-5-4-6-15(12)20/h7-9,12,15,20H,3-6,10H2,1-2H3,(H,17,21). The molecule has 1 aliphatic carbocycles. The Balaban J connectivity index is 2.01. The van der Waals surface area contributed by atoms with Gasteiger partial charge < -0.3 is 15.3 Å². The van der Waals surface area contributed by atoms with Crippen LogP contribution in [0.25, 0.3) is 0 Å². The molecule has 0 heterocycles. The summed E-state index contributed by atoms with van der Waals surface area (Å²) in [6, 6.07) is 4.38. The van der Waals surface area contributed by atoms with Crippen LogP contribution < -0.4 is 5.32 Å². The quantitative estimate of drug-likeness (QED) is 0.644. The number of nitro groups is 1. The number of anilines is 1. The monoisotopic (exact) mass is 321 g/mol. The maximum absolute atomic E-state index is 12.2. The van der Waals surface area contributed by atoms with E-state index in [2.05, 4.69) is 5.32 Å². The highest BCUT2D eigenvalue weighted by Crippen LogP contribution is 2.27. The molecule has 0 saturated heterocycles. The van der Waals surface area contributed by atoms with E-state index in [1.165, 1.54) is 11.0 Å². The molecule has 0 radical (unpaired) electrons. The summed E-state index contributed by atoms with van der Waals surface area (Å²) in [5.41, 5.74) is 1.05. The molecule has 1 aromatic carbocycles. The number of nitrogens with zero attached hydrogens (tertiary/aromatic N) is 2. The predicted octanol–water partition coefficient (Wildman–Crippen LogP) is 2.78. The fraction of sp³-hybridized carbons (Fsp3) is 0.562. The summed E-state index contributed by atoms with van der Waals surface area (Å²) in [5.74, 6) is 0.0996. The molecular formula is C16H23N3O4. The first-order chi connectivity index (χ1) is 10.9. The van der Waals surface area contributed by atoms with Gasteiger partial charge in [-0.05, 0) is 25.3 Å². The SMILES string of the molecule is CCc1ccc(NC(=O)N(C)CC2CCCC2O)cc1[N+](=O)[O-]. The van der Waals surface area contributed by atoms with E-state index < -0.39 is 4.92 Å². The first kappa shape index (κ1) is 17.2. The van der Waals surface area contributed by atoms with E-state index >= 15 is 0 Å². The van der Waals surface area contributed by atoms with Gasteiger partial charge in [-0.2, -0.15) is 0 Å². The van der Waals surface area contributed by atoms with Gasteiger partial charge in [0.25, 0.3) is 5.69 Å². The van der Waals surface area contributed by atoms with E-state index in [0.29, 0.717) is 24.2 Å². The van der Waals surface area contributed by atoms with E-state index in [0.717, 1.165) is 19.3 Å². The van der Waals surface area contributed by atoms with Gasteiger partial charge in [-0.1, -0.05) is 19.4 Å². The van der Waals surface area contributed by atoms with Crippen LogP contribution in [0.5, 0.6) is 0 Å². The first-order valence-corrected chi connectivity index (χ1v) is 7.89. The molecule has 0 aromatic heterocycles. The Bertz CT molecular complexity index is 591. The Morgan fingerprint density at radius 2 is 2.22 bits per heavy atom. The third kappa shape index (κ3) is 4.19. The third-order valence-corrected chi connectivity index (χ3v) is 4.39. The molecule has 2 N–H and O–H groups in total. The minimum absolute atomic E-state index is 0.0131. The fourth-order valence-electron chi connectivity index (χ4n) is 2.99. The maximum Gasteiger partial charge on any atom is 0.321 e. The summed E-state index contributed by atoms with van der Waals surface area (Å²) in [6.07, 6.45) is 2.88. The van der Waals surface area contributed by atoms with Gasteiger partial charge in [0.15, 0.2) is 0 Å². The summed E-state index contributed by atoms with van der Waals surface area (Å²) in [7, 11) is 1.66. The second-order valence-corrected chi connectivity index (χ2v) is 6.02. The Kier molecular flexibility index (Phi) is 5.54. The van der Waals surface area contributed by atoms with Gasteiger partial charge in [0.1, 0.15) is 0 Å². The van der Waals surface area contributed by atoms with Crippen LogP contribution >= 0.6 is 0 Å². The summed E-state index contributed by atoms with van der Waals surface area (Å²) < 4.78 is 0. The van der Waals surface area contributed by atoms with Crippen molar-refractivity contribution in [2.75, 3.05) is 18.9 Å². The largest absolute Gasteiger partial charge is 0.393 e. The first-order valence-electron chi connectivity index (χ1n) is 7.89. The zero-order valence-corrected chi connectivity index (χ0v) is 13.5. The van der Waals surface area contributed by atoms with Crippen molar-refractivity contribution in [1.29, 1.82) is 0 Å². The van der Waals surface area contributed by atoms with Crippen molar-refractivity contribution in [2.45, 2.75) is 38.7 Å². The Labute approximate surface area is 135 Å². The lowest BCUT2D eigenvalue weighted by atomic mass is 10.1. The molecule has 23 heavy (non-hydrogen) atoms. The van der Waals surface area contributed by atoms with Gasteiger partial charge in [0.2, 0.25) is 0 Å². The van der Waals surface area contributed by atoms with E-state index in [1.807, 2.05) is 6.92 Å². The molecule has 0 aliphatic heterocycles. The van der Waals surface area contributed by atoms with Crippen molar-refractivity contribution in [1.82, 2.24) is 4.90 Å². The molecule has 2 unspecified atom stereocenters. The second kappa shape index (κ2) is 7.41. The molecule has 7 nitrogen and oxygen atoms in total. The maximum atomic E-state index is 12.2. The molecule has 0 bridgehead atoms. The van der Waals surface area contributed by atoms with Crippen LogP contribution in [0.1, 0.15) is 31.7 Å². The van der Waals surface area contributed by atoms with Crippen LogP contribution in [0.15, 0.2) is 18.2 Å². The zero-order valence-electron chi connectivity index (χ0n) is 13.5. The minimum Gasteiger partial charge on any atom is -0.393 e. The highest BCUT2D eigenvalue weighted by Gasteiger charge is 2.27. The molecule has 2 amide bonds. The van der Waals surface area contributed by atoms with Gasteiger partial charge in [-0.3, -0.25) is 10.1 Å². The number of carbonyl (C=O) groups excluding carboxylic acids is 1. The second-order valence-electron chi connectivity index (χ2n) is 6.02. The lowest BCUT2D eigenvalue weighted by Gasteiger charge is -2.23. The number of aliphatic hydroxyl groups excluding tert-OH is 1. The van der Waals surface area contributed by atoms with Crippen molar-refractivity contribution in [2.24, 2.45) is 5.92 Å². The minimum atomic E-state index is -0.437. The molecule has 1 saturated carbocycles. The number of aryl methyl sites for hydroxylation is 1. The molecule has 2 rings (SSSR count). The van der Waals surface area contributed by atoms with Crippen LogP contribution in [0.2, 0.25) is 0 Å². The zero-order chi connectivity index (χ0) is 17.0. The number of amides is 2. The molecule has 1 fully saturated rings. The number of nitrogens with one attached hydrogen (secondary N) is 1. The Morgan fingerprint density at radius 1 is 1.48 bits per heavy atom. The van der Waals surface area contributed by atoms with E-state index in [9.17, 15) is 20.0 Å². The third-order valence-electron chi connectivity index (χ3n) is 4.39. The number of aliphatic hydroxyl groups is 1. The Morgan fingerprint density at radius 3 is 2.78 bits per heavy atom. The molecular weight excluding hydrogens is 298 g/mol. The molecule has 1 aliphatic rings. The Hall–Kier alpha value is -2.15. The van der Waals surface area contributed by atoms with E-state index in [-0.39, 0.29) is 23.7 Å². The van der Waals surface area contributed by atoms with E-state index in [1.54, 1.807) is 19.2 Å². The van der Waals surface area contributed by atoms with Crippen molar-refractivity contribution >= 4 is 17.4 Å². The smallest absolute Gasteiger partial charge is 0.321 e. The summed E-state index contributed by atoms with van der Waals surface area (Å²) in [4.78, 5) is 24.4. The van der Waals surface area contributed by atoms with Crippen LogP contribution in [0.4, 0.5) is 16.2 Å². The number of carbonyl (C=O) groups is 1. The van der Waals surface area contributed by atoms with Crippen molar-refractivity contribution < 1.29 is 14.8 Å². The molecule has 126 valence electrons. The average molecular weight is 321 g/mol. The number of rotatable bonds is 5. The van der Waals surface area contributed by atoms with Crippen molar-refractivity contribution in [3.63, 3.8) is 0 Å². The molecule has 1 aromatic rings. The highest BCUT2D eigenvalue weighted by atomic mass is 16.6. The summed E-state index contributed by atoms with van der Waals surface area (Å²) in [6.45, 7) is 2.32. The van der Waals surface area contributed by atoms with Crippen LogP contribution in [-0.4, -0.2) is 40.7 Å². The van der Waals surface area contributed by atoms with E-state index in [4.69, 9.17) is 0 Å². The predicted molar refractivity (Wildman–Crippen MR) is 87.5 cm³/mol. The van der Waals surface area contributed by atoms with Crippen LogP contribution in [-0.2, 0) is 6.42 Å².